The number of nitrogens with one attached hydrogen (secondary N) is 1. The van der Waals surface area contributed by atoms with Crippen molar-refractivity contribution in [1.29, 1.82) is 0 Å². The third kappa shape index (κ3) is 4.17. The molecule has 1 N–H and O–H groups in total. The summed E-state index contributed by atoms with van der Waals surface area (Å²) in [5.74, 6) is -1.00. The average Bonchev–Trinajstić information content (AvgIpc) is 2.96. The molecule has 1 saturated carbocycles. The van der Waals surface area contributed by atoms with Gasteiger partial charge >= 0.3 is 0 Å². The molecule has 3 rings (SSSR count). The monoisotopic (exact) mass is 354 g/mol. The summed E-state index contributed by atoms with van der Waals surface area (Å²) in [5.41, 5.74) is 0.907. The summed E-state index contributed by atoms with van der Waals surface area (Å²) in [4.78, 5) is 13.3. The van der Waals surface area contributed by atoms with E-state index in [0.717, 1.165) is 5.69 Å². The molecular weight excluding hydrogens is 334 g/mol. The zero-order valence-electron chi connectivity index (χ0n) is 13.7. The van der Waals surface area contributed by atoms with Gasteiger partial charge in [0.25, 0.3) is 0 Å². The van der Waals surface area contributed by atoms with Crippen LogP contribution in [0, 0.1) is 6.92 Å². The smallest absolute Gasteiger partial charge is 0.248 e. The predicted octanol–water partition coefficient (Wildman–Crippen LogP) is 4.30. The van der Waals surface area contributed by atoms with Crippen LogP contribution in [-0.4, -0.2) is 33.5 Å². The number of ether oxygens (including phenoxy) is 1. The van der Waals surface area contributed by atoms with Crippen LogP contribution in [0.2, 0.25) is 0 Å². The van der Waals surface area contributed by atoms with Crippen LogP contribution in [0.4, 0.5) is 14.6 Å². The second-order valence-electron chi connectivity index (χ2n) is 5.92. The lowest BCUT2D eigenvalue weighted by Gasteiger charge is -2.29. The Labute approximate surface area is 143 Å². The number of rotatable bonds is 5. The second kappa shape index (κ2) is 6.96. The van der Waals surface area contributed by atoms with E-state index in [1.54, 1.807) is 6.07 Å². The van der Waals surface area contributed by atoms with Gasteiger partial charge in [-0.3, -0.25) is 0 Å². The highest BCUT2D eigenvalue weighted by Crippen LogP contribution is 2.34. The zero-order chi connectivity index (χ0) is 17.2. The Morgan fingerprint density at radius 3 is 2.67 bits per heavy atom. The lowest BCUT2D eigenvalue weighted by molar-refractivity contribution is -0.0361. The molecule has 1 fully saturated rings. The minimum absolute atomic E-state index is 0.0140. The molecule has 0 unspecified atom stereocenters. The van der Waals surface area contributed by atoms with Crippen LogP contribution >= 0.6 is 11.3 Å². The normalized spacial score (nSPS) is 17.7. The lowest BCUT2D eigenvalue weighted by atomic mass is 9.92. The van der Waals surface area contributed by atoms with E-state index in [-0.39, 0.29) is 18.9 Å². The Morgan fingerprint density at radius 1 is 1.29 bits per heavy atom. The summed E-state index contributed by atoms with van der Waals surface area (Å²) in [6.07, 6.45) is 0.665. The Kier molecular flexibility index (Phi) is 4.93. The van der Waals surface area contributed by atoms with E-state index >= 15 is 0 Å². The van der Waals surface area contributed by atoms with Crippen molar-refractivity contribution in [2.75, 3.05) is 11.9 Å². The van der Waals surface area contributed by atoms with Gasteiger partial charge < -0.3 is 10.1 Å². The van der Waals surface area contributed by atoms with Gasteiger partial charge in [0.05, 0.1) is 6.61 Å². The van der Waals surface area contributed by atoms with Crippen LogP contribution in [0.5, 0.6) is 5.88 Å². The van der Waals surface area contributed by atoms with Crippen LogP contribution in [-0.2, 0) is 0 Å². The number of alkyl halides is 2. The standard InChI is InChI=1S/C16H20F2N4OS/c1-3-23-13-8-12(20-11-4-6-16(17,18)7-5-11)21-14(22-13)15-19-10(2)9-24-15/h8-9,11H,3-7H2,1-2H3,(H,20,21,22). The van der Waals surface area contributed by atoms with Gasteiger partial charge in [-0.2, -0.15) is 4.98 Å². The maximum atomic E-state index is 13.3. The molecular formula is C16H20F2N4OS. The van der Waals surface area contributed by atoms with Crippen molar-refractivity contribution in [2.45, 2.75) is 51.5 Å². The molecule has 1 aliphatic rings. The number of aromatic nitrogens is 3. The minimum atomic E-state index is -2.54. The summed E-state index contributed by atoms with van der Waals surface area (Å²) >= 11 is 1.47. The number of nitrogens with zero attached hydrogens (tertiary/aromatic N) is 3. The highest BCUT2D eigenvalue weighted by Gasteiger charge is 2.35. The fraction of sp³-hybridized carbons (Fsp3) is 0.562. The first kappa shape index (κ1) is 17.0. The molecule has 24 heavy (non-hydrogen) atoms. The van der Waals surface area contributed by atoms with Crippen LogP contribution in [0.1, 0.15) is 38.3 Å². The van der Waals surface area contributed by atoms with E-state index in [0.29, 0.717) is 42.0 Å². The number of anilines is 1. The summed E-state index contributed by atoms with van der Waals surface area (Å²) in [6, 6.07) is 1.69. The molecule has 5 nitrogen and oxygen atoms in total. The van der Waals surface area contributed by atoms with E-state index in [4.69, 9.17) is 4.74 Å². The average molecular weight is 354 g/mol. The third-order valence-corrected chi connectivity index (χ3v) is 4.83. The van der Waals surface area contributed by atoms with Gasteiger partial charge in [0, 0.05) is 36.0 Å². The van der Waals surface area contributed by atoms with Gasteiger partial charge in [-0.1, -0.05) is 0 Å². The first-order valence-corrected chi connectivity index (χ1v) is 8.92. The fourth-order valence-electron chi connectivity index (χ4n) is 2.67. The Balaban J connectivity index is 1.80. The van der Waals surface area contributed by atoms with Gasteiger partial charge in [-0.05, 0) is 26.7 Å². The van der Waals surface area contributed by atoms with Crippen LogP contribution in [0.15, 0.2) is 11.4 Å². The van der Waals surface area contributed by atoms with Crippen LogP contribution < -0.4 is 10.1 Å². The van der Waals surface area contributed by atoms with Crippen molar-refractivity contribution >= 4 is 17.2 Å². The number of thiazole rings is 1. The largest absolute Gasteiger partial charge is 0.478 e. The molecule has 1 aliphatic carbocycles. The third-order valence-electron chi connectivity index (χ3n) is 3.87. The molecule has 0 saturated heterocycles. The van der Waals surface area contributed by atoms with Gasteiger partial charge in [-0.25, -0.2) is 18.7 Å². The van der Waals surface area contributed by atoms with Crippen LogP contribution in [0.3, 0.4) is 0 Å². The summed E-state index contributed by atoms with van der Waals surface area (Å²) in [5, 5.41) is 5.89. The van der Waals surface area contributed by atoms with E-state index in [2.05, 4.69) is 20.3 Å². The van der Waals surface area contributed by atoms with Gasteiger partial charge in [-0.15, -0.1) is 11.3 Å². The maximum Gasteiger partial charge on any atom is 0.248 e. The molecule has 0 atom stereocenters. The Morgan fingerprint density at radius 2 is 2.04 bits per heavy atom. The lowest BCUT2D eigenvalue weighted by Crippen LogP contribution is -2.32. The van der Waals surface area contributed by atoms with E-state index in [1.807, 2.05) is 19.2 Å². The molecule has 2 aromatic rings. The quantitative estimate of drug-likeness (QED) is 0.868. The molecule has 2 heterocycles. The van der Waals surface area contributed by atoms with Crippen molar-refractivity contribution in [3.8, 4) is 16.7 Å². The second-order valence-corrected chi connectivity index (χ2v) is 6.77. The van der Waals surface area contributed by atoms with Crippen molar-refractivity contribution in [3.63, 3.8) is 0 Å². The van der Waals surface area contributed by atoms with Crippen molar-refractivity contribution < 1.29 is 13.5 Å². The summed E-state index contributed by atoms with van der Waals surface area (Å²) < 4.78 is 32.1. The van der Waals surface area contributed by atoms with Crippen molar-refractivity contribution in [2.24, 2.45) is 0 Å². The number of aryl methyl sites for hydroxylation is 1. The first-order chi connectivity index (χ1) is 11.4. The van der Waals surface area contributed by atoms with Gasteiger partial charge in [0.2, 0.25) is 11.8 Å². The molecule has 0 aliphatic heterocycles. The van der Waals surface area contributed by atoms with Crippen molar-refractivity contribution in [1.82, 2.24) is 15.0 Å². The molecule has 0 amide bonds. The maximum absolute atomic E-state index is 13.3. The Bertz CT molecular complexity index is 697. The van der Waals surface area contributed by atoms with Crippen molar-refractivity contribution in [3.05, 3.63) is 17.1 Å². The summed E-state index contributed by atoms with van der Waals surface area (Å²) in [7, 11) is 0. The van der Waals surface area contributed by atoms with Crippen LogP contribution in [0.25, 0.3) is 10.8 Å². The number of halogens is 2. The van der Waals surface area contributed by atoms with E-state index < -0.39 is 5.92 Å². The molecule has 0 aromatic carbocycles. The molecule has 0 spiro atoms. The first-order valence-electron chi connectivity index (χ1n) is 8.04. The Hall–Kier alpha value is -1.83. The molecule has 8 heteroatoms. The molecule has 2 aromatic heterocycles. The SMILES string of the molecule is CCOc1cc(NC2CCC(F)(F)CC2)nc(-c2nc(C)cs2)n1. The zero-order valence-corrected chi connectivity index (χ0v) is 14.5. The van der Waals surface area contributed by atoms with Gasteiger partial charge in [0.15, 0.2) is 10.8 Å². The molecule has 0 radical (unpaired) electrons. The topological polar surface area (TPSA) is 59.9 Å². The van der Waals surface area contributed by atoms with E-state index in [1.165, 1.54) is 11.3 Å². The molecule has 0 bridgehead atoms. The summed E-state index contributed by atoms with van der Waals surface area (Å²) in [6.45, 7) is 4.28. The highest BCUT2D eigenvalue weighted by atomic mass is 32.1. The number of hydrogen-bond acceptors (Lipinski definition) is 6. The predicted molar refractivity (Wildman–Crippen MR) is 89.9 cm³/mol. The fourth-order valence-corrected chi connectivity index (χ4v) is 3.39. The van der Waals surface area contributed by atoms with Gasteiger partial charge in [0.1, 0.15) is 5.82 Å². The van der Waals surface area contributed by atoms with E-state index in [9.17, 15) is 8.78 Å². The molecule has 130 valence electrons. The highest BCUT2D eigenvalue weighted by molar-refractivity contribution is 7.13. The number of hydrogen-bond donors (Lipinski definition) is 1. The minimum Gasteiger partial charge on any atom is -0.478 e.